The molecule has 0 amide bonds. The van der Waals surface area contributed by atoms with Crippen LogP contribution in [0.1, 0.15) is 48.1 Å². The van der Waals surface area contributed by atoms with Gasteiger partial charge >= 0.3 is 0 Å². The zero-order valence-corrected chi connectivity index (χ0v) is 28.7. The van der Waals surface area contributed by atoms with Crippen molar-refractivity contribution < 1.29 is 0 Å². The zero-order valence-electron chi connectivity index (χ0n) is 27.1. The molecule has 0 unspecified atom stereocenters. The summed E-state index contributed by atoms with van der Waals surface area (Å²) < 4.78 is 0.908. The molecule has 0 saturated heterocycles. The van der Waals surface area contributed by atoms with Crippen molar-refractivity contribution >= 4 is 83.8 Å². The summed E-state index contributed by atoms with van der Waals surface area (Å²) in [7, 11) is 0. The molecule has 9 rings (SSSR count). The van der Waals surface area contributed by atoms with E-state index in [9.17, 15) is 0 Å². The maximum absolute atomic E-state index is 5.40. The van der Waals surface area contributed by atoms with E-state index in [0.29, 0.717) is 0 Å². The molecule has 5 heteroatoms. The highest BCUT2D eigenvalue weighted by Gasteiger charge is 2.18. The van der Waals surface area contributed by atoms with Crippen LogP contribution in [-0.4, -0.2) is 19.9 Å². The summed E-state index contributed by atoms with van der Waals surface area (Å²) in [5.41, 5.74) is 13.5. The second kappa shape index (κ2) is 12.2. The number of H-pyrrole nitrogens is 2. The Hall–Kier alpha value is -5.52. The molecule has 7 aromatic rings. The van der Waals surface area contributed by atoms with Gasteiger partial charge in [0.25, 0.3) is 0 Å². The van der Waals surface area contributed by atoms with Gasteiger partial charge in [-0.05, 0) is 110 Å². The maximum atomic E-state index is 5.40. The molecule has 2 N–H and O–H groups in total. The van der Waals surface area contributed by atoms with Crippen molar-refractivity contribution in [3.05, 3.63) is 142 Å². The molecular formula is C44H33BrN4. The van der Waals surface area contributed by atoms with Crippen molar-refractivity contribution in [2.45, 2.75) is 26.2 Å². The Kier molecular flexibility index (Phi) is 7.36. The van der Waals surface area contributed by atoms with Crippen molar-refractivity contribution in [2.24, 2.45) is 0 Å². The highest BCUT2D eigenvalue weighted by atomic mass is 79.9. The second-order valence-electron chi connectivity index (χ2n) is 12.7. The molecule has 2 aliphatic rings. The molecule has 0 atom stereocenters. The fourth-order valence-electron chi connectivity index (χ4n) is 7.30. The number of halogens is 1. The van der Waals surface area contributed by atoms with E-state index in [1.807, 2.05) is 0 Å². The second-order valence-corrected chi connectivity index (χ2v) is 13.5. The number of rotatable bonds is 5. The van der Waals surface area contributed by atoms with Crippen LogP contribution in [-0.2, 0) is 6.42 Å². The zero-order chi connectivity index (χ0) is 32.9. The van der Waals surface area contributed by atoms with Crippen LogP contribution in [0.3, 0.4) is 0 Å². The molecule has 0 saturated carbocycles. The van der Waals surface area contributed by atoms with Crippen LogP contribution < -0.4 is 0 Å². The number of nitrogens with zero attached hydrogens (tertiary/aromatic N) is 2. The van der Waals surface area contributed by atoms with E-state index in [2.05, 4.69) is 166 Å². The first kappa shape index (κ1) is 29.6. The first-order valence-corrected chi connectivity index (χ1v) is 17.7. The summed E-state index contributed by atoms with van der Waals surface area (Å²) >= 11 is 3.94. The number of nitrogens with one attached hydrogen (secondary N) is 2. The van der Waals surface area contributed by atoms with E-state index in [-0.39, 0.29) is 0 Å². The Morgan fingerprint density at radius 3 is 1.63 bits per heavy atom. The van der Waals surface area contributed by atoms with Gasteiger partial charge in [0.1, 0.15) is 0 Å². The number of aromatic nitrogens is 4. The minimum absolute atomic E-state index is 0.871. The number of unbranched alkanes of at least 4 members (excludes halogenated alkanes) is 1. The topological polar surface area (TPSA) is 57.4 Å². The summed E-state index contributed by atoms with van der Waals surface area (Å²) in [6, 6.07) is 38.9. The maximum Gasteiger partial charge on any atom is 0.0801 e. The van der Waals surface area contributed by atoms with Crippen LogP contribution in [0.25, 0.3) is 90.2 Å². The third-order valence-corrected chi connectivity index (χ3v) is 10.5. The summed E-state index contributed by atoms with van der Waals surface area (Å²) in [6.45, 7) is 2.25. The molecule has 0 radical (unpaired) electrons. The van der Waals surface area contributed by atoms with Gasteiger partial charge in [0, 0.05) is 33.2 Å². The number of aromatic amines is 2. The van der Waals surface area contributed by atoms with E-state index < -0.39 is 0 Å². The minimum atomic E-state index is 0.871. The van der Waals surface area contributed by atoms with Crippen LogP contribution in [0.15, 0.2) is 114 Å². The van der Waals surface area contributed by atoms with Gasteiger partial charge in [-0.1, -0.05) is 98.3 Å². The third-order valence-electron chi connectivity index (χ3n) is 9.70. The van der Waals surface area contributed by atoms with Crippen molar-refractivity contribution in [2.75, 3.05) is 0 Å². The molecule has 8 bridgehead atoms. The van der Waals surface area contributed by atoms with Crippen molar-refractivity contribution in [1.82, 2.24) is 19.9 Å². The first-order valence-electron chi connectivity index (χ1n) is 16.9. The lowest BCUT2D eigenvalue weighted by Gasteiger charge is -2.09. The van der Waals surface area contributed by atoms with Crippen LogP contribution in [0, 0.1) is 0 Å². The average Bonchev–Trinajstić information content (AvgIpc) is 3.98. The largest absolute Gasteiger partial charge is 0.355 e. The first-order chi connectivity index (χ1) is 24.2. The van der Waals surface area contributed by atoms with Gasteiger partial charge in [0.05, 0.1) is 32.8 Å². The van der Waals surface area contributed by atoms with E-state index in [4.69, 9.17) is 9.97 Å². The SMILES string of the molecule is CCCCc1c2nc(c(-c3cccc4ccccc34)c3ccc([nH]3)c(Br)c3nc(c(-c4cccc5ccccc45)c4ccc1[nH]4)C=C3)C=C2. The lowest BCUT2D eigenvalue weighted by atomic mass is 9.97. The van der Waals surface area contributed by atoms with Gasteiger partial charge in [-0.15, -0.1) is 0 Å². The molecule has 0 spiro atoms. The van der Waals surface area contributed by atoms with E-state index >= 15 is 0 Å². The quantitative estimate of drug-likeness (QED) is 0.188. The molecule has 3 aromatic heterocycles. The third kappa shape index (κ3) is 5.13. The Morgan fingerprint density at radius 2 is 1.00 bits per heavy atom. The van der Waals surface area contributed by atoms with Gasteiger partial charge < -0.3 is 9.97 Å². The molecular weight excluding hydrogens is 664 g/mol. The van der Waals surface area contributed by atoms with Gasteiger partial charge in [0.2, 0.25) is 0 Å². The summed E-state index contributed by atoms with van der Waals surface area (Å²) in [4.78, 5) is 18.3. The molecule has 0 fully saturated rings. The number of hydrogen-bond donors (Lipinski definition) is 2. The lowest BCUT2D eigenvalue weighted by molar-refractivity contribution is 0.795. The summed E-state index contributed by atoms with van der Waals surface area (Å²) in [6.07, 6.45) is 11.7. The fourth-order valence-corrected chi connectivity index (χ4v) is 7.75. The summed E-state index contributed by atoms with van der Waals surface area (Å²) in [5.74, 6) is 0. The van der Waals surface area contributed by atoms with E-state index in [1.54, 1.807) is 0 Å². The Morgan fingerprint density at radius 1 is 0.510 bits per heavy atom. The lowest BCUT2D eigenvalue weighted by Crippen LogP contribution is -1.92. The van der Waals surface area contributed by atoms with Gasteiger partial charge in [-0.2, -0.15) is 0 Å². The van der Waals surface area contributed by atoms with Crippen LogP contribution >= 0.6 is 15.9 Å². The van der Waals surface area contributed by atoms with Crippen LogP contribution in [0.4, 0.5) is 0 Å². The highest BCUT2D eigenvalue weighted by Crippen LogP contribution is 2.39. The van der Waals surface area contributed by atoms with Gasteiger partial charge in [0.15, 0.2) is 0 Å². The van der Waals surface area contributed by atoms with Gasteiger partial charge in [-0.3, -0.25) is 0 Å². The van der Waals surface area contributed by atoms with Crippen molar-refractivity contribution in [1.29, 1.82) is 0 Å². The number of hydrogen-bond acceptors (Lipinski definition) is 2. The molecule has 236 valence electrons. The smallest absolute Gasteiger partial charge is 0.0801 e. The van der Waals surface area contributed by atoms with Crippen molar-refractivity contribution in [3.63, 3.8) is 0 Å². The molecule has 5 heterocycles. The van der Waals surface area contributed by atoms with E-state index in [1.165, 1.54) is 27.1 Å². The molecule has 4 nitrogen and oxygen atoms in total. The fraction of sp³-hybridized carbons (Fsp3) is 0.0909. The summed E-state index contributed by atoms with van der Waals surface area (Å²) in [5, 5.41) is 4.79. The van der Waals surface area contributed by atoms with E-state index in [0.717, 1.165) is 90.8 Å². The normalized spacial score (nSPS) is 12.4. The molecule has 4 aromatic carbocycles. The number of benzene rings is 4. The van der Waals surface area contributed by atoms with Crippen LogP contribution in [0.2, 0.25) is 0 Å². The molecule has 0 aliphatic carbocycles. The number of aryl methyl sites for hydroxylation is 1. The number of fused-ring (bicyclic) bond motifs is 10. The Balaban J connectivity index is 1.43. The molecule has 2 aliphatic heterocycles. The monoisotopic (exact) mass is 696 g/mol. The Bertz CT molecular complexity index is 2590. The average molecular weight is 698 g/mol. The van der Waals surface area contributed by atoms with Crippen molar-refractivity contribution in [3.8, 4) is 22.3 Å². The highest BCUT2D eigenvalue weighted by molar-refractivity contribution is 9.10. The standard InChI is InChI=1S/C44H33BrN4/c1-2-3-14-33-34-19-21-36(46-34)42(31-17-8-12-27-10-4-6-15-29(27)31)38-23-25-40(48-38)44(45)41-26-24-39(49-41)43(37-22-20-35(33)47-37)32-18-9-13-28-11-5-7-16-30(28)32/h4-13,15-26,46,49H,2-3,14H2,1H3. The molecule has 49 heavy (non-hydrogen) atoms. The predicted octanol–water partition coefficient (Wildman–Crippen LogP) is 12.4. The minimum Gasteiger partial charge on any atom is -0.355 e. The Labute approximate surface area is 293 Å². The van der Waals surface area contributed by atoms with Gasteiger partial charge in [-0.25, -0.2) is 9.97 Å². The van der Waals surface area contributed by atoms with Crippen LogP contribution in [0.5, 0.6) is 0 Å². The predicted molar refractivity (Wildman–Crippen MR) is 211 cm³/mol.